The lowest BCUT2D eigenvalue weighted by Crippen LogP contribution is -2.26. The molecule has 1 aromatic carbocycles. The molecule has 0 spiro atoms. The second-order valence-corrected chi connectivity index (χ2v) is 5.34. The number of ether oxygens (including phenoxy) is 1. The molecule has 0 saturated heterocycles. The Labute approximate surface area is 121 Å². The van der Waals surface area contributed by atoms with Crippen LogP contribution in [0.2, 0.25) is 5.02 Å². The second kappa shape index (κ2) is 6.78. The van der Waals surface area contributed by atoms with E-state index in [-0.39, 0.29) is 6.61 Å². The minimum absolute atomic E-state index is 0.355. The number of nitrogens with one attached hydrogen (secondary N) is 1. The summed E-state index contributed by atoms with van der Waals surface area (Å²) >= 11 is 6.09. The van der Waals surface area contributed by atoms with E-state index in [1.54, 1.807) is 24.3 Å². The molecule has 0 radical (unpaired) electrons. The zero-order valence-electron chi connectivity index (χ0n) is 10.9. The Morgan fingerprint density at radius 3 is 2.60 bits per heavy atom. The highest BCUT2D eigenvalue weighted by molar-refractivity contribution is 6.31. The first-order valence-electron chi connectivity index (χ1n) is 6.62. The van der Waals surface area contributed by atoms with Crippen molar-refractivity contribution in [1.29, 1.82) is 0 Å². The van der Waals surface area contributed by atoms with Gasteiger partial charge >= 0.3 is 6.18 Å². The molecule has 20 heavy (non-hydrogen) atoms. The fraction of sp³-hybridized carbons (Fsp3) is 0.571. The predicted molar refractivity (Wildman–Crippen MR) is 71.8 cm³/mol. The van der Waals surface area contributed by atoms with Crippen molar-refractivity contribution in [2.24, 2.45) is 0 Å². The lowest BCUT2D eigenvalue weighted by atomic mass is 10.1. The van der Waals surface area contributed by atoms with Crippen LogP contribution in [0.15, 0.2) is 24.3 Å². The van der Waals surface area contributed by atoms with Gasteiger partial charge in [-0.3, -0.25) is 0 Å². The van der Waals surface area contributed by atoms with Crippen LogP contribution in [0.25, 0.3) is 0 Å². The Balaban J connectivity index is 1.94. The summed E-state index contributed by atoms with van der Waals surface area (Å²) in [5.74, 6) is 0. The van der Waals surface area contributed by atoms with Crippen LogP contribution in [0.4, 0.5) is 13.2 Å². The van der Waals surface area contributed by atoms with E-state index in [2.05, 4.69) is 5.32 Å². The molecular weight excluding hydrogens is 291 g/mol. The Hall–Kier alpha value is -0.780. The minimum Gasteiger partial charge on any atom is -0.372 e. The molecule has 6 heteroatoms. The van der Waals surface area contributed by atoms with Crippen LogP contribution in [0.3, 0.4) is 0 Å². The van der Waals surface area contributed by atoms with Gasteiger partial charge in [-0.25, -0.2) is 0 Å². The number of rotatable bonds is 7. The van der Waals surface area contributed by atoms with E-state index in [1.165, 1.54) is 0 Å². The normalized spacial score (nSPS) is 17.2. The third-order valence-electron chi connectivity index (χ3n) is 3.13. The third-order valence-corrected chi connectivity index (χ3v) is 3.47. The molecule has 2 rings (SSSR count). The maximum atomic E-state index is 12.2. The van der Waals surface area contributed by atoms with Gasteiger partial charge in [0.15, 0.2) is 0 Å². The maximum Gasteiger partial charge on any atom is 0.391 e. The van der Waals surface area contributed by atoms with Gasteiger partial charge in [-0.2, -0.15) is 13.2 Å². The van der Waals surface area contributed by atoms with E-state index in [1.807, 2.05) is 0 Å². The molecule has 2 nitrogen and oxygen atoms in total. The molecule has 1 unspecified atom stereocenters. The van der Waals surface area contributed by atoms with Gasteiger partial charge in [-0.1, -0.05) is 29.8 Å². The van der Waals surface area contributed by atoms with Crippen LogP contribution >= 0.6 is 11.6 Å². The van der Waals surface area contributed by atoms with Crippen molar-refractivity contribution in [2.75, 3.05) is 13.2 Å². The van der Waals surface area contributed by atoms with Gasteiger partial charge in [-0.05, 0) is 18.9 Å². The van der Waals surface area contributed by atoms with E-state index in [0.717, 1.165) is 18.4 Å². The van der Waals surface area contributed by atoms with Crippen molar-refractivity contribution in [3.63, 3.8) is 0 Å². The average molecular weight is 308 g/mol. The van der Waals surface area contributed by atoms with E-state index in [0.29, 0.717) is 17.6 Å². The molecular formula is C14H17ClF3NO. The molecule has 1 atom stereocenters. The van der Waals surface area contributed by atoms with E-state index >= 15 is 0 Å². The maximum absolute atomic E-state index is 12.2. The summed E-state index contributed by atoms with van der Waals surface area (Å²) in [5.41, 5.74) is 0.726. The van der Waals surface area contributed by atoms with Crippen LogP contribution in [0.5, 0.6) is 0 Å². The summed E-state index contributed by atoms with van der Waals surface area (Å²) < 4.78 is 42.0. The summed E-state index contributed by atoms with van der Waals surface area (Å²) in [7, 11) is 0. The van der Waals surface area contributed by atoms with Gasteiger partial charge < -0.3 is 10.1 Å². The number of hydrogen-bond acceptors (Lipinski definition) is 2. The third kappa shape index (κ3) is 5.31. The minimum atomic E-state index is -4.20. The second-order valence-electron chi connectivity index (χ2n) is 4.93. The molecule has 112 valence electrons. The monoisotopic (exact) mass is 307 g/mol. The molecule has 0 heterocycles. The van der Waals surface area contributed by atoms with Crippen LogP contribution in [-0.2, 0) is 4.74 Å². The number of halogens is 4. The summed E-state index contributed by atoms with van der Waals surface area (Å²) in [6, 6.07) is 7.56. The first kappa shape index (κ1) is 15.6. The van der Waals surface area contributed by atoms with Crippen molar-refractivity contribution in [3.05, 3.63) is 34.9 Å². The highest BCUT2D eigenvalue weighted by Crippen LogP contribution is 2.28. The van der Waals surface area contributed by atoms with Gasteiger partial charge in [0.05, 0.1) is 19.1 Å². The molecule has 0 bridgehead atoms. The molecule has 1 aromatic rings. The molecule has 1 N–H and O–H groups in total. The van der Waals surface area contributed by atoms with E-state index in [9.17, 15) is 13.2 Å². The van der Waals surface area contributed by atoms with Crippen molar-refractivity contribution >= 4 is 11.6 Å². The highest BCUT2D eigenvalue weighted by atomic mass is 35.5. The van der Waals surface area contributed by atoms with Crippen molar-refractivity contribution < 1.29 is 17.9 Å². The molecule has 1 saturated carbocycles. The van der Waals surface area contributed by atoms with E-state index < -0.39 is 18.7 Å². The number of benzene rings is 1. The smallest absolute Gasteiger partial charge is 0.372 e. The van der Waals surface area contributed by atoms with E-state index in [4.69, 9.17) is 16.3 Å². The SMILES string of the molecule is FC(F)(F)CCOC(CNC1CC1)c1ccccc1Cl. The average Bonchev–Trinajstić information content (AvgIpc) is 3.17. The van der Waals surface area contributed by atoms with Crippen LogP contribution in [0.1, 0.15) is 30.9 Å². The Morgan fingerprint density at radius 1 is 1.30 bits per heavy atom. The van der Waals surface area contributed by atoms with Gasteiger partial charge in [-0.15, -0.1) is 0 Å². The van der Waals surface area contributed by atoms with Gasteiger partial charge in [0.25, 0.3) is 0 Å². The molecule has 1 fully saturated rings. The summed E-state index contributed by atoms with van der Waals surface area (Å²) in [6.07, 6.45) is -3.38. The Kier molecular flexibility index (Phi) is 5.29. The highest BCUT2D eigenvalue weighted by Gasteiger charge is 2.28. The van der Waals surface area contributed by atoms with Gasteiger partial charge in [0, 0.05) is 23.2 Å². The Bertz CT molecular complexity index is 435. The fourth-order valence-electron chi connectivity index (χ4n) is 1.87. The Morgan fingerprint density at radius 2 is 2.00 bits per heavy atom. The molecule has 0 amide bonds. The number of alkyl halides is 3. The van der Waals surface area contributed by atoms with Crippen LogP contribution in [0, 0.1) is 0 Å². The lowest BCUT2D eigenvalue weighted by Gasteiger charge is -2.20. The topological polar surface area (TPSA) is 21.3 Å². The largest absolute Gasteiger partial charge is 0.391 e. The summed E-state index contributed by atoms with van der Waals surface area (Å²) in [4.78, 5) is 0. The predicted octanol–water partition coefficient (Wildman–Crippen LogP) is 4.10. The number of hydrogen-bond donors (Lipinski definition) is 1. The van der Waals surface area contributed by atoms with Crippen molar-refractivity contribution in [3.8, 4) is 0 Å². The quantitative estimate of drug-likeness (QED) is 0.819. The molecule has 1 aliphatic carbocycles. The zero-order valence-corrected chi connectivity index (χ0v) is 11.7. The molecule has 0 aromatic heterocycles. The lowest BCUT2D eigenvalue weighted by molar-refractivity contribution is -0.149. The summed E-state index contributed by atoms with van der Waals surface area (Å²) in [6.45, 7) is 0.123. The van der Waals surface area contributed by atoms with Gasteiger partial charge in [0.1, 0.15) is 0 Å². The first-order valence-corrected chi connectivity index (χ1v) is 6.99. The first-order chi connectivity index (χ1) is 9.46. The van der Waals surface area contributed by atoms with Crippen LogP contribution in [-0.4, -0.2) is 25.4 Å². The van der Waals surface area contributed by atoms with Gasteiger partial charge in [0.2, 0.25) is 0 Å². The fourth-order valence-corrected chi connectivity index (χ4v) is 2.13. The standard InChI is InChI=1S/C14H17ClF3NO/c15-12-4-2-1-3-11(12)13(9-19-10-5-6-10)20-8-7-14(16,17)18/h1-4,10,13,19H,5-9H2. The molecule has 0 aliphatic heterocycles. The van der Waals surface area contributed by atoms with Crippen LogP contribution < -0.4 is 5.32 Å². The molecule has 1 aliphatic rings. The zero-order chi connectivity index (χ0) is 14.6. The van der Waals surface area contributed by atoms with Crippen molar-refractivity contribution in [2.45, 2.75) is 37.6 Å². The van der Waals surface area contributed by atoms with Crippen molar-refractivity contribution in [1.82, 2.24) is 5.32 Å². The summed E-state index contributed by atoms with van der Waals surface area (Å²) in [5, 5.41) is 3.78.